The maximum Gasteiger partial charge on any atom is 0.268 e. The maximum absolute atomic E-state index is 13.6. The van der Waals surface area contributed by atoms with Crippen LogP contribution in [0.3, 0.4) is 0 Å². The summed E-state index contributed by atoms with van der Waals surface area (Å²) in [6, 6.07) is 7.44. The van der Waals surface area contributed by atoms with Gasteiger partial charge in [0.1, 0.15) is 6.04 Å². The Morgan fingerprint density at radius 1 is 1.12 bits per heavy atom. The van der Waals surface area contributed by atoms with Crippen molar-refractivity contribution >= 4 is 23.8 Å². The van der Waals surface area contributed by atoms with Crippen LogP contribution in [0.15, 0.2) is 36.4 Å². The second-order valence-corrected chi connectivity index (χ2v) is 9.47. The van der Waals surface area contributed by atoms with E-state index in [9.17, 15) is 19.6 Å². The summed E-state index contributed by atoms with van der Waals surface area (Å²) in [5.74, 6) is -1.18. The van der Waals surface area contributed by atoms with Gasteiger partial charge in [-0.15, -0.1) is 0 Å². The number of hydrazine groups is 1. The summed E-state index contributed by atoms with van der Waals surface area (Å²) in [5.41, 5.74) is 8.64. The molecule has 1 aliphatic rings. The van der Waals surface area contributed by atoms with Crippen molar-refractivity contribution in [2.75, 3.05) is 0 Å². The fourth-order valence-corrected chi connectivity index (χ4v) is 4.26. The Hall–Kier alpha value is -2.71. The van der Waals surface area contributed by atoms with Gasteiger partial charge in [-0.25, -0.2) is 15.5 Å². The van der Waals surface area contributed by atoms with Gasteiger partial charge in [-0.1, -0.05) is 75.6 Å². The predicted molar refractivity (Wildman–Crippen MR) is 132 cm³/mol. The third-order valence-electron chi connectivity index (χ3n) is 6.14. The second kappa shape index (κ2) is 13.9. The summed E-state index contributed by atoms with van der Waals surface area (Å²) in [7, 11) is 0. The van der Waals surface area contributed by atoms with Crippen LogP contribution in [0.5, 0.6) is 0 Å². The van der Waals surface area contributed by atoms with Gasteiger partial charge < -0.3 is 5.73 Å². The molecule has 34 heavy (non-hydrogen) atoms. The van der Waals surface area contributed by atoms with Gasteiger partial charge in [0, 0.05) is 6.42 Å². The lowest BCUT2D eigenvalue weighted by atomic mass is 9.94. The van der Waals surface area contributed by atoms with Crippen molar-refractivity contribution in [3.63, 3.8) is 0 Å². The second-order valence-electron chi connectivity index (χ2n) is 9.47. The summed E-state index contributed by atoms with van der Waals surface area (Å²) in [5, 5.41) is 12.2. The average Bonchev–Trinajstić information content (AvgIpc) is 2.84. The van der Waals surface area contributed by atoms with Gasteiger partial charge in [0.15, 0.2) is 0 Å². The molecule has 1 aliphatic carbocycles. The van der Waals surface area contributed by atoms with E-state index < -0.39 is 23.9 Å². The fourth-order valence-electron chi connectivity index (χ4n) is 4.26. The molecule has 0 spiro atoms. The van der Waals surface area contributed by atoms with E-state index in [1.54, 1.807) is 18.5 Å². The van der Waals surface area contributed by atoms with Crippen LogP contribution in [0.1, 0.15) is 77.7 Å². The van der Waals surface area contributed by atoms with Gasteiger partial charge in [-0.2, -0.15) is 0 Å². The Morgan fingerprint density at radius 2 is 1.76 bits per heavy atom. The van der Waals surface area contributed by atoms with Crippen molar-refractivity contribution in [1.82, 2.24) is 15.5 Å². The number of rotatable bonds is 10. The fraction of sp³-hybridized carbons (Fsp3) is 0.577. The largest absolute Gasteiger partial charge is 0.320 e. The highest BCUT2D eigenvalue weighted by molar-refractivity contribution is 5.90. The third kappa shape index (κ3) is 7.95. The zero-order valence-electron chi connectivity index (χ0n) is 20.7. The highest BCUT2D eigenvalue weighted by Crippen LogP contribution is 2.27. The minimum Gasteiger partial charge on any atom is -0.320 e. The molecule has 0 aromatic heterocycles. The van der Waals surface area contributed by atoms with Crippen LogP contribution in [0.2, 0.25) is 0 Å². The number of nitrogens with two attached hydrogens (primary N) is 1. The molecule has 1 aromatic rings. The molecule has 0 unspecified atom stereocenters. The van der Waals surface area contributed by atoms with Gasteiger partial charge in [-0.05, 0) is 44.1 Å². The van der Waals surface area contributed by atoms with E-state index in [1.807, 2.05) is 50.3 Å². The van der Waals surface area contributed by atoms with E-state index in [0.29, 0.717) is 6.42 Å². The van der Waals surface area contributed by atoms with E-state index in [2.05, 4.69) is 0 Å². The molecule has 188 valence electrons. The van der Waals surface area contributed by atoms with E-state index >= 15 is 0 Å². The first-order valence-corrected chi connectivity index (χ1v) is 12.3. The SMILES string of the molecule is CC(C)CCC(=O)N([C@@H](CC=Cc1ccccc1)C(=O)NO)N(C(=O)[C@@H](C)N)C1CCCCC1. The molecule has 0 heterocycles. The van der Waals surface area contributed by atoms with Crippen LogP contribution in [-0.4, -0.2) is 51.1 Å². The molecule has 2 atom stereocenters. The van der Waals surface area contributed by atoms with Crippen LogP contribution < -0.4 is 11.2 Å². The number of amides is 3. The molecule has 1 fully saturated rings. The molecule has 1 aromatic carbocycles. The van der Waals surface area contributed by atoms with Gasteiger partial charge in [0.25, 0.3) is 11.8 Å². The molecule has 0 bridgehead atoms. The highest BCUT2D eigenvalue weighted by Gasteiger charge is 2.40. The standard InChI is InChI=1S/C26H40N4O4/c1-19(2)17-18-24(31)30(29(26(33)20(3)27)22-14-8-5-9-15-22)23(25(32)28-34)16-10-13-21-11-6-4-7-12-21/h4,6-7,10-13,19-20,22-23,34H,5,8-9,14-18,27H2,1-3H3,(H,28,32)/t20-,23+/m1/s1. The lowest BCUT2D eigenvalue weighted by Crippen LogP contribution is -2.64. The molecule has 3 amide bonds. The molecule has 0 saturated heterocycles. The van der Waals surface area contributed by atoms with Crippen molar-refractivity contribution in [3.05, 3.63) is 42.0 Å². The van der Waals surface area contributed by atoms with Crippen molar-refractivity contribution < 1.29 is 19.6 Å². The Kier molecular flexibility index (Phi) is 11.2. The molecule has 1 saturated carbocycles. The molecule has 8 heteroatoms. The number of hydrogen-bond acceptors (Lipinski definition) is 5. The Balaban J connectivity index is 2.46. The monoisotopic (exact) mass is 472 g/mol. The summed E-state index contributed by atoms with van der Waals surface area (Å²) >= 11 is 0. The summed E-state index contributed by atoms with van der Waals surface area (Å²) in [6.45, 7) is 5.62. The Labute approximate surface area is 203 Å². The molecule has 0 aliphatic heterocycles. The summed E-state index contributed by atoms with van der Waals surface area (Å²) in [6.07, 6.45) is 8.98. The van der Waals surface area contributed by atoms with Gasteiger partial charge >= 0.3 is 0 Å². The van der Waals surface area contributed by atoms with E-state index in [-0.39, 0.29) is 30.7 Å². The zero-order chi connectivity index (χ0) is 25.1. The van der Waals surface area contributed by atoms with Crippen molar-refractivity contribution in [2.45, 2.75) is 90.3 Å². The zero-order valence-corrected chi connectivity index (χ0v) is 20.7. The third-order valence-corrected chi connectivity index (χ3v) is 6.14. The van der Waals surface area contributed by atoms with Crippen LogP contribution in [0.25, 0.3) is 6.08 Å². The Bertz CT molecular complexity index is 819. The molecular formula is C26H40N4O4. The number of nitrogens with one attached hydrogen (secondary N) is 1. The maximum atomic E-state index is 13.6. The first kappa shape index (κ1) is 27.5. The highest BCUT2D eigenvalue weighted by atomic mass is 16.5. The lowest BCUT2D eigenvalue weighted by molar-refractivity contribution is -0.181. The number of benzene rings is 1. The van der Waals surface area contributed by atoms with Crippen molar-refractivity contribution in [2.24, 2.45) is 11.7 Å². The van der Waals surface area contributed by atoms with Crippen molar-refractivity contribution in [3.8, 4) is 0 Å². The van der Waals surface area contributed by atoms with Gasteiger partial charge in [-0.3, -0.25) is 19.6 Å². The van der Waals surface area contributed by atoms with E-state index in [0.717, 1.165) is 37.7 Å². The number of nitrogens with zero attached hydrogens (tertiary/aromatic N) is 2. The van der Waals surface area contributed by atoms with Crippen molar-refractivity contribution in [1.29, 1.82) is 0 Å². The van der Waals surface area contributed by atoms with Crippen LogP contribution in [-0.2, 0) is 14.4 Å². The van der Waals surface area contributed by atoms with Crippen LogP contribution >= 0.6 is 0 Å². The average molecular weight is 473 g/mol. The number of hydroxylamine groups is 1. The molecule has 4 N–H and O–H groups in total. The van der Waals surface area contributed by atoms with Crippen LogP contribution in [0.4, 0.5) is 0 Å². The number of hydrogen-bond donors (Lipinski definition) is 3. The first-order chi connectivity index (χ1) is 16.3. The predicted octanol–water partition coefficient (Wildman–Crippen LogP) is 3.65. The van der Waals surface area contributed by atoms with Crippen LogP contribution in [0, 0.1) is 5.92 Å². The molecular weight excluding hydrogens is 432 g/mol. The number of carbonyl (C=O) groups excluding carboxylic acids is 3. The number of carbonyl (C=O) groups is 3. The lowest BCUT2D eigenvalue weighted by Gasteiger charge is -2.45. The molecule has 0 radical (unpaired) electrons. The Morgan fingerprint density at radius 3 is 2.32 bits per heavy atom. The summed E-state index contributed by atoms with van der Waals surface area (Å²) < 4.78 is 0. The van der Waals surface area contributed by atoms with Gasteiger partial charge in [0.2, 0.25) is 5.91 Å². The minimum atomic E-state index is -1.09. The van der Waals surface area contributed by atoms with E-state index in [4.69, 9.17) is 5.73 Å². The van der Waals surface area contributed by atoms with Gasteiger partial charge in [0.05, 0.1) is 12.1 Å². The quantitative estimate of drug-likeness (QED) is 0.355. The first-order valence-electron chi connectivity index (χ1n) is 12.3. The summed E-state index contributed by atoms with van der Waals surface area (Å²) in [4.78, 5) is 39.8. The minimum absolute atomic E-state index is 0.129. The molecule has 2 rings (SSSR count). The van der Waals surface area contributed by atoms with E-state index in [1.165, 1.54) is 10.0 Å². The molecule has 8 nitrogen and oxygen atoms in total. The smallest absolute Gasteiger partial charge is 0.268 e. The normalized spacial score (nSPS) is 16.3. The topological polar surface area (TPSA) is 116 Å².